The van der Waals surface area contributed by atoms with Gasteiger partial charge in [0.2, 0.25) is 0 Å². The molecule has 100 valence electrons. The number of ether oxygens (including phenoxy) is 1. The number of hydrogen-bond acceptors (Lipinski definition) is 2. The van der Waals surface area contributed by atoms with Crippen molar-refractivity contribution in [3.8, 4) is 0 Å². The van der Waals surface area contributed by atoms with Crippen molar-refractivity contribution in [2.24, 2.45) is 5.92 Å². The molecule has 2 rings (SSSR count). The van der Waals surface area contributed by atoms with Crippen LogP contribution in [0.3, 0.4) is 0 Å². The highest BCUT2D eigenvalue weighted by atomic mass is 19.1. The van der Waals surface area contributed by atoms with Crippen molar-refractivity contribution in [3.63, 3.8) is 0 Å². The first kappa shape index (κ1) is 13.4. The van der Waals surface area contributed by atoms with Crippen molar-refractivity contribution in [2.75, 3.05) is 13.2 Å². The number of halogens is 2. The second-order valence-corrected chi connectivity index (χ2v) is 4.90. The third-order valence-corrected chi connectivity index (χ3v) is 3.55. The van der Waals surface area contributed by atoms with Crippen LogP contribution in [0.4, 0.5) is 8.78 Å². The predicted molar refractivity (Wildman–Crippen MR) is 64.2 cm³/mol. The average Bonchev–Trinajstić information content (AvgIpc) is 2.36. The van der Waals surface area contributed by atoms with Gasteiger partial charge in [-0.3, -0.25) is 0 Å². The summed E-state index contributed by atoms with van der Waals surface area (Å²) in [7, 11) is 0. The van der Waals surface area contributed by atoms with Crippen LogP contribution in [0.1, 0.15) is 36.5 Å². The molecule has 0 spiro atoms. The molecule has 0 radical (unpaired) electrons. The zero-order valence-corrected chi connectivity index (χ0v) is 10.5. The lowest BCUT2D eigenvalue weighted by Gasteiger charge is -2.25. The van der Waals surface area contributed by atoms with E-state index in [1.54, 1.807) is 6.92 Å². The largest absolute Gasteiger partial charge is 0.388 e. The first-order valence-corrected chi connectivity index (χ1v) is 6.30. The van der Waals surface area contributed by atoms with Crippen molar-refractivity contribution in [2.45, 2.75) is 32.3 Å². The van der Waals surface area contributed by atoms with E-state index in [0.29, 0.717) is 25.2 Å². The van der Waals surface area contributed by atoms with Gasteiger partial charge in [0.25, 0.3) is 0 Å². The summed E-state index contributed by atoms with van der Waals surface area (Å²) in [5.74, 6) is -1.03. The fourth-order valence-corrected chi connectivity index (χ4v) is 2.40. The summed E-state index contributed by atoms with van der Waals surface area (Å²) in [4.78, 5) is 0. The average molecular weight is 256 g/mol. The van der Waals surface area contributed by atoms with Crippen molar-refractivity contribution in [1.29, 1.82) is 0 Å². The van der Waals surface area contributed by atoms with E-state index in [-0.39, 0.29) is 11.5 Å². The molecule has 1 heterocycles. The van der Waals surface area contributed by atoms with Gasteiger partial charge in [0, 0.05) is 13.2 Å². The van der Waals surface area contributed by atoms with Crippen LogP contribution in [-0.2, 0) is 4.74 Å². The molecule has 0 bridgehead atoms. The van der Waals surface area contributed by atoms with E-state index in [1.807, 2.05) is 0 Å². The number of hydrogen-bond donors (Lipinski definition) is 1. The topological polar surface area (TPSA) is 29.5 Å². The normalized spacial score (nSPS) is 18.9. The van der Waals surface area contributed by atoms with Crippen LogP contribution >= 0.6 is 0 Å². The molecule has 4 heteroatoms. The molecule has 18 heavy (non-hydrogen) atoms. The molecule has 1 aromatic rings. The van der Waals surface area contributed by atoms with Gasteiger partial charge in [-0.2, -0.15) is 0 Å². The number of aliphatic hydroxyl groups is 1. The Morgan fingerprint density at radius 1 is 1.33 bits per heavy atom. The summed E-state index contributed by atoms with van der Waals surface area (Å²) >= 11 is 0. The first-order valence-electron chi connectivity index (χ1n) is 6.30. The van der Waals surface area contributed by atoms with Gasteiger partial charge < -0.3 is 9.84 Å². The summed E-state index contributed by atoms with van der Waals surface area (Å²) in [6.45, 7) is 2.89. The lowest BCUT2D eigenvalue weighted by atomic mass is 9.90. The van der Waals surface area contributed by atoms with Gasteiger partial charge >= 0.3 is 0 Å². The number of rotatable bonds is 3. The molecule has 1 unspecified atom stereocenters. The maximum Gasteiger partial charge on any atom is 0.134 e. The number of aryl methyl sites for hydroxylation is 1. The van der Waals surface area contributed by atoms with E-state index in [1.165, 1.54) is 12.1 Å². The minimum Gasteiger partial charge on any atom is -0.388 e. The molecular formula is C14H18F2O2. The molecule has 0 saturated carbocycles. The predicted octanol–water partition coefficient (Wildman–Crippen LogP) is 3.12. The number of benzene rings is 1. The molecule has 0 amide bonds. The zero-order chi connectivity index (χ0) is 13.1. The Hall–Kier alpha value is -1.00. The maximum absolute atomic E-state index is 13.8. The zero-order valence-electron chi connectivity index (χ0n) is 10.5. The third-order valence-electron chi connectivity index (χ3n) is 3.55. The first-order chi connectivity index (χ1) is 8.59. The SMILES string of the molecule is Cc1ccc(F)c(C(O)CC2CCOCC2)c1F. The standard InChI is InChI=1S/C14H18F2O2/c1-9-2-3-11(15)13(14(9)16)12(17)8-10-4-6-18-7-5-10/h2-3,10,12,17H,4-8H2,1H3. The molecule has 1 aliphatic heterocycles. The molecule has 0 aromatic heterocycles. The van der Waals surface area contributed by atoms with Gasteiger partial charge in [-0.15, -0.1) is 0 Å². The molecule has 1 atom stereocenters. The Balaban J connectivity index is 2.12. The second-order valence-electron chi connectivity index (χ2n) is 4.90. The van der Waals surface area contributed by atoms with E-state index >= 15 is 0 Å². The second kappa shape index (κ2) is 5.76. The Bertz CT molecular complexity index is 415. The lowest BCUT2D eigenvalue weighted by molar-refractivity contribution is 0.0421. The summed E-state index contributed by atoms with van der Waals surface area (Å²) in [6.07, 6.45) is 0.992. The molecule has 1 aromatic carbocycles. The highest BCUT2D eigenvalue weighted by Gasteiger charge is 2.24. The monoisotopic (exact) mass is 256 g/mol. The molecule has 1 aliphatic rings. The van der Waals surface area contributed by atoms with Crippen molar-refractivity contribution in [3.05, 3.63) is 34.9 Å². The molecule has 1 fully saturated rings. The molecule has 2 nitrogen and oxygen atoms in total. The Morgan fingerprint density at radius 3 is 2.67 bits per heavy atom. The fraction of sp³-hybridized carbons (Fsp3) is 0.571. The van der Waals surface area contributed by atoms with Crippen LogP contribution in [-0.4, -0.2) is 18.3 Å². The summed E-state index contributed by atoms with van der Waals surface area (Å²) in [6, 6.07) is 2.59. The minimum atomic E-state index is -1.08. The molecular weight excluding hydrogens is 238 g/mol. The Labute approximate surface area is 106 Å². The van der Waals surface area contributed by atoms with E-state index < -0.39 is 17.7 Å². The van der Waals surface area contributed by atoms with Crippen LogP contribution in [0, 0.1) is 24.5 Å². The number of aliphatic hydroxyl groups excluding tert-OH is 1. The van der Waals surface area contributed by atoms with Crippen LogP contribution in [0.25, 0.3) is 0 Å². The highest BCUT2D eigenvalue weighted by molar-refractivity contribution is 5.28. The Kier molecular flexibility index (Phi) is 4.30. The van der Waals surface area contributed by atoms with Crippen LogP contribution in [0.5, 0.6) is 0 Å². The quantitative estimate of drug-likeness (QED) is 0.900. The highest BCUT2D eigenvalue weighted by Crippen LogP contribution is 2.31. The van der Waals surface area contributed by atoms with E-state index in [0.717, 1.165) is 12.8 Å². The fourth-order valence-electron chi connectivity index (χ4n) is 2.40. The van der Waals surface area contributed by atoms with Gasteiger partial charge in [-0.25, -0.2) is 8.78 Å². The van der Waals surface area contributed by atoms with Crippen LogP contribution in [0.15, 0.2) is 12.1 Å². The van der Waals surface area contributed by atoms with E-state index in [4.69, 9.17) is 4.74 Å². The minimum absolute atomic E-state index is 0.193. The van der Waals surface area contributed by atoms with Gasteiger partial charge in [0.05, 0.1) is 11.7 Å². The van der Waals surface area contributed by atoms with Gasteiger partial charge in [0.1, 0.15) is 11.6 Å². The lowest BCUT2D eigenvalue weighted by Crippen LogP contribution is -2.19. The summed E-state index contributed by atoms with van der Waals surface area (Å²) in [5, 5.41) is 10.0. The molecule has 1 saturated heterocycles. The Morgan fingerprint density at radius 2 is 2.00 bits per heavy atom. The van der Waals surface area contributed by atoms with Crippen molar-refractivity contribution >= 4 is 0 Å². The summed E-state index contributed by atoms with van der Waals surface area (Å²) < 4.78 is 32.7. The maximum atomic E-state index is 13.8. The van der Waals surface area contributed by atoms with Crippen molar-refractivity contribution < 1.29 is 18.6 Å². The third kappa shape index (κ3) is 2.87. The van der Waals surface area contributed by atoms with Gasteiger partial charge in [0.15, 0.2) is 0 Å². The summed E-state index contributed by atoms with van der Waals surface area (Å²) in [5.41, 5.74) is 0.166. The van der Waals surface area contributed by atoms with E-state index in [2.05, 4.69) is 0 Å². The van der Waals surface area contributed by atoms with Gasteiger partial charge in [-0.05, 0) is 43.7 Å². The van der Waals surface area contributed by atoms with Crippen LogP contribution < -0.4 is 0 Å². The van der Waals surface area contributed by atoms with Gasteiger partial charge in [-0.1, -0.05) is 6.07 Å². The smallest absolute Gasteiger partial charge is 0.134 e. The molecule has 0 aliphatic carbocycles. The van der Waals surface area contributed by atoms with Crippen LogP contribution in [0.2, 0.25) is 0 Å². The molecule has 1 N–H and O–H groups in total. The van der Waals surface area contributed by atoms with Crippen molar-refractivity contribution in [1.82, 2.24) is 0 Å². The van der Waals surface area contributed by atoms with E-state index in [9.17, 15) is 13.9 Å².